The molecule has 2 atom stereocenters. The minimum Gasteiger partial charge on any atom is -0.468 e. The third-order valence-corrected chi connectivity index (χ3v) is 6.16. The van der Waals surface area contributed by atoms with Crippen molar-refractivity contribution < 1.29 is 18.8 Å². The Labute approximate surface area is 201 Å². The zero-order chi connectivity index (χ0) is 24.1. The number of benzene rings is 1. The van der Waals surface area contributed by atoms with Gasteiger partial charge < -0.3 is 15.1 Å². The lowest BCUT2D eigenvalue weighted by molar-refractivity contribution is -0.131. The fraction of sp³-hybridized carbons (Fsp3) is 0.500. The molecule has 7 heteroatoms. The van der Waals surface area contributed by atoms with Gasteiger partial charge in [0.2, 0.25) is 11.8 Å². The number of carbonyl (C=O) groups excluding carboxylic acids is 3. The van der Waals surface area contributed by atoms with Crippen LogP contribution >= 0.6 is 11.8 Å². The number of thioether (sulfide) groups is 1. The first-order chi connectivity index (χ1) is 15.9. The van der Waals surface area contributed by atoms with Gasteiger partial charge in [-0.2, -0.15) is 0 Å². The van der Waals surface area contributed by atoms with E-state index in [-0.39, 0.29) is 29.9 Å². The largest absolute Gasteiger partial charge is 0.468 e. The maximum atomic E-state index is 13.1. The van der Waals surface area contributed by atoms with E-state index in [1.54, 1.807) is 6.26 Å². The van der Waals surface area contributed by atoms with E-state index in [9.17, 15) is 14.4 Å². The van der Waals surface area contributed by atoms with E-state index in [1.807, 2.05) is 56.3 Å². The highest BCUT2D eigenvalue weighted by Gasteiger charge is 2.27. The van der Waals surface area contributed by atoms with Crippen molar-refractivity contribution in [3.8, 4) is 0 Å². The van der Waals surface area contributed by atoms with Crippen LogP contribution in [0.15, 0.2) is 53.1 Å². The number of amides is 2. The predicted molar refractivity (Wildman–Crippen MR) is 133 cm³/mol. The number of carbonyl (C=O) groups is 3. The standard InChI is InChI=1S/C26H36N2O4S/c1-4-5-13-22(24(29)18-33-17-21-12-9-14-32-21)28-26(31)23(15-19(2)3)27-25(30)16-20-10-7-6-8-11-20/h6-12,14,19,22-23H,4-5,13,15-18H2,1-3H3,(H,27,30)(H,28,31). The lowest BCUT2D eigenvalue weighted by Gasteiger charge is -2.24. The summed E-state index contributed by atoms with van der Waals surface area (Å²) in [5, 5.41) is 5.81. The van der Waals surface area contributed by atoms with Crippen molar-refractivity contribution >= 4 is 29.4 Å². The first-order valence-corrected chi connectivity index (χ1v) is 12.8. The summed E-state index contributed by atoms with van der Waals surface area (Å²) in [6.07, 6.45) is 4.70. The minimum absolute atomic E-state index is 0.00716. The Morgan fingerprint density at radius 3 is 2.39 bits per heavy atom. The van der Waals surface area contributed by atoms with Crippen molar-refractivity contribution in [2.75, 3.05) is 5.75 Å². The van der Waals surface area contributed by atoms with Crippen molar-refractivity contribution in [3.63, 3.8) is 0 Å². The number of furan rings is 1. The SMILES string of the molecule is CCCCC(NC(=O)C(CC(C)C)NC(=O)Cc1ccccc1)C(=O)CSCc1ccco1. The summed E-state index contributed by atoms with van der Waals surface area (Å²) < 4.78 is 5.31. The van der Waals surface area contributed by atoms with Gasteiger partial charge in [0.25, 0.3) is 0 Å². The number of Topliss-reactive ketones (excluding diaryl/α,β-unsaturated/α-hetero) is 1. The second kappa shape index (κ2) is 14.6. The van der Waals surface area contributed by atoms with Crippen LogP contribution in [0.25, 0.3) is 0 Å². The number of nitrogens with one attached hydrogen (secondary N) is 2. The Bertz CT molecular complexity index is 852. The monoisotopic (exact) mass is 472 g/mol. The Morgan fingerprint density at radius 2 is 1.76 bits per heavy atom. The summed E-state index contributed by atoms with van der Waals surface area (Å²) in [4.78, 5) is 38.6. The van der Waals surface area contributed by atoms with Crippen molar-refractivity contribution in [2.24, 2.45) is 5.92 Å². The molecule has 2 unspecified atom stereocenters. The van der Waals surface area contributed by atoms with Crippen LogP contribution in [0.3, 0.4) is 0 Å². The first kappa shape index (κ1) is 26.7. The molecule has 33 heavy (non-hydrogen) atoms. The van der Waals surface area contributed by atoms with Crippen LogP contribution in [0.5, 0.6) is 0 Å². The lowest BCUT2D eigenvalue weighted by atomic mass is 10.0. The topological polar surface area (TPSA) is 88.4 Å². The molecule has 1 aromatic heterocycles. The zero-order valence-corrected chi connectivity index (χ0v) is 20.7. The van der Waals surface area contributed by atoms with Crippen molar-refractivity contribution in [1.29, 1.82) is 0 Å². The summed E-state index contributed by atoms with van der Waals surface area (Å²) >= 11 is 1.47. The summed E-state index contributed by atoms with van der Waals surface area (Å²) in [5.74, 6) is 1.44. The van der Waals surface area contributed by atoms with E-state index < -0.39 is 12.1 Å². The number of hydrogen-bond donors (Lipinski definition) is 2. The molecule has 0 aliphatic rings. The fourth-order valence-corrected chi connectivity index (χ4v) is 4.34. The van der Waals surface area contributed by atoms with Gasteiger partial charge in [-0.3, -0.25) is 14.4 Å². The summed E-state index contributed by atoms with van der Waals surface area (Å²) in [6, 6.07) is 11.9. The average Bonchev–Trinajstić information content (AvgIpc) is 3.29. The predicted octanol–water partition coefficient (Wildman–Crippen LogP) is 4.53. The second-order valence-corrected chi connectivity index (χ2v) is 9.64. The molecule has 6 nitrogen and oxygen atoms in total. The van der Waals surface area contributed by atoms with Crippen molar-refractivity contribution in [2.45, 2.75) is 70.7 Å². The first-order valence-electron chi connectivity index (χ1n) is 11.7. The van der Waals surface area contributed by atoms with E-state index in [1.165, 1.54) is 11.8 Å². The Balaban J connectivity index is 1.96. The van der Waals surface area contributed by atoms with Gasteiger partial charge in [0.05, 0.1) is 30.2 Å². The molecule has 0 spiro atoms. The zero-order valence-electron chi connectivity index (χ0n) is 19.8. The molecule has 0 aliphatic carbocycles. The Kier molecular flexibility index (Phi) is 11.8. The van der Waals surface area contributed by atoms with Gasteiger partial charge in [0.1, 0.15) is 11.8 Å². The highest BCUT2D eigenvalue weighted by molar-refractivity contribution is 7.99. The average molecular weight is 473 g/mol. The highest BCUT2D eigenvalue weighted by Crippen LogP contribution is 2.15. The number of hydrogen-bond acceptors (Lipinski definition) is 5. The van der Waals surface area contributed by atoms with E-state index in [2.05, 4.69) is 17.6 Å². The van der Waals surface area contributed by atoms with Gasteiger partial charge in [-0.15, -0.1) is 11.8 Å². The molecule has 180 valence electrons. The molecule has 2 rings (SSSR count). The van der Waals surface area contributed by atoms with Crippen LogP contribution in [-0.4, -0.2) is 35.4 Å². The van der Waals surface area contributed by atoms with Gasteiger partial charge in [-0.05, 0) is 36.5 Å². The molecule has 2 aromatic rings. The Morgan fingerprint density at radius 1 is 1.00 bits per heavy atom. The van der Waals surface area contributed by atoms with Crippen LogP contribution in [-0.2, 0) is 26.6 Å². The molecule has 0 fully saturated rings. The maximum Gasteiger partial charge on any atom is 0.243 e. The molecule has 0 radical (unpaired) electrons. The third kappa shape index (κ3) is 10.3. The molecule has 2 N–H and O–H groups in total. The lowest BCUT2D eigenvalue weighted by Crippen LogP contribution is -2.52. The molecule has 2 amide bonds. The number of unbranched alkanes of at least 4 members (excludes halogenated alkanes) is 1. The summed E-state index contributed by atoms with van der Waals surface area (Å²) in [5.41, 5.74) is 0.892. The van der Waals surface area contributed by atoms with E-state index in [0.29, 0.717) is 24.3 Å². The van der Waals surface area contributed by atoms with Crippen LogP contribution in [0, 0.1) is 5.92 Å². The van der Waals surface area contributed by atoms with E-state index >= 15 is 0 Å². The van der Waals surface area contributed by atoms with Crippen LogP contribution in [0.2, 0.25) is 0 Å². The van der Waals surface area contributed by atoms with Crippen molar-refractivity contribution in [1.82, 2.24) is 10.6 Å². The maximum absolute atomic E-state index is 13.1. The van der Waals surface area contributed by atoms with Gasteiger partial charge in [-0.1, -0.05) is 63.9 Å². The van der Waals surface area contributed by atoms with Gasteiger partial charge in [-0.25, -0.2) is 0 Å². The summed E-state index contributed by atoms with van der Waals surface area (Å²) in [6.45, 7) is 6.07. The normalized spacial score (nSPS) is 12.8. The Hall–Kier alpha value is -2.54. The fourth-order valence-electron chi connectivity index (χ4n) is 3.47. The molecular formula is C26H36N2O4S. The molecule has 1 aromatic carbocycles. The van der Waals surface area contributed by atoms with Crippen molar-refractivity contribution in [3.05, 3.63) is 60.1 Å². The van der Waals surface area contributed by atoms with Gasteiger partial charge >= 0.3 is 0 Å². The highest BCUT2D eigenvalue weighted by atomic mass is 32.2. The molecule has 1 heterocycles. The third-order valence-electron chi connectivity index (χ3n) is 5.19. The summed E-state index contributed by atoms with van der Waals surface area (Å²) in [7, 11) is 0. The molecular weight excluding hydrogens is 436 g/mol. The van der Waals surface area contributed by atoms with Crippen LogP contribution < -0.4 is 10.6 Å². The van der Waals surface area contributed by atoms with E-state index in [4.69, 9.17) is 4.42 Å². The van der Waals surface area contributed by atoms with Gasteiger partial charge in [0.15, 0.2) is 5.78 Å². The van der Waals surface area contributed by atoms with Gasteiger partial charge in [0, 0.05) is 0 Å². The molecule has 0 bridgehead atoms. The molecule has 0 aliphatic heterocycles. The van der Waals surface area contributed by atoms with E-state index in [0.717, 1.165) is 24.2 Å². The van der Waals surface area contributed by atoms with Crippen LogP contribution in [0.4, 0.5) is 0 Å². The number of rotatable bonds is 15. The second-order valence-electron chi connectivity index (χ2n) is 8.65. The number of ketones is 1. The minimum atomic E-state index is -0.672. The van der Waals surface area contributed by atoms with Crippen LogP contribution in [0.1, 0.15) is 57.8 Å². The molecule has 0 saturated heterocycles. The molecule has 0 saturated carbocycles. The quantitative estimate of drug-likeness (QED) is 0.398. The smallest absolute Gasteiger partial charge is 0.243 e.